The summed E-state index contributed by atoms with van der Waals surface area (Å²) in [5.74, 6) is 1.60. The Labute approximate surface area is 367 Å². The third-order valence-electron chi connectivity index (χ3n) is 11.3. The molecule has 1 radical (unpaired) electrons. The molecule has 4 heterocycles. The van der Waals surface area contributed by atoms with Crippen LogP contribution >= 0.6 is 0 Å². The predicted octanol–water partition coefficient (Wildman–Crippen LogP) is 14.7. The van der Waals surface area contributed by atoms with Crippen LogP contribution in [0.4, 0.5) is 0 Å². The van der Waals surface area contributed by atoms with E-state index >= 15 is 0 Å². The van der Waals surface area contributed by atoms with E-state index in [1.807, 2.05) is 30.3 Å². The number of phenolic OH excluding ortho intramolecular Hbond substituents is 1. The van der Waals surface area contributed by atoms with Gasteiger partial charge in [-0.3, -0.25) is 9.97 Å². The second-order valence-electron chi connectivity index (χ2n) is 15.8. The molecule has 4 aromatic heterocycles. The number of rotatable bonds is 6. The molecule has 0 amide bonds. The molecule has 1 N–H and O–H groups in total. The number of hydrogen-bond acceptors (Lipinski definition) is 5. The standard InChI is InChI=1S/C43H35N2O.C11H7NO2.Ir/c1-27(2)35-25-31(29-15-7-5-8-16-29)26-36(28(3)4)41(35)45-38-21-13-12-20-37(38)44-43(45)34-24-23-32(30-17-9-6-10-18-30)40-33-19-11-14-22-39(33)46-42(34)40;13-7-3-1-4-8-10(7)11-9(14-8)5-2-6-12-11;/h5-23,25-28H,1-4H3;1-6,13H;/q-1;;. The molecule has 0 aliphatic heterocycles. The van der Waals surface area contributed by atoms with Crippen molar-refractivity contribution in [1.29, 1.82) is 0 Å². The number of hydrogen-bond donors (Lipinski definition) is 1. The molecule has 6 nitrogen and oxygen atoms in total. The van der Waals surface area contributed by atoms with Crippen LogP contribution in [0.1, 0.15) is 50.7 Å². The molecule has 301 valence electrons. The van der Waals surface area contributed by atoms with Crippen LogP contribution in [0.25, 0.3) is 94.4 Å². The molecule has 0 saturated carbocycles. The largest absolute Gasteiger partial charge is 0.507 e. The summed E-state index contributed by atoms with van der Waals surface area (Å²) in [4.78, 5) is 9.51. The number of para-hydroxylation sites is 3. The minimum absolute atomic E-state index is 0. The van der Waals surface area contributed by atoms with Gasteiger partial charge in [-0.15, -0.1) is 12.1 Å². The van der Waals surface area contributed by atoms with Crippen molar-refractivity contribution in [3.8, 4) is 45.1 Å². The van der Waals surface area contributed by atoms with E-state index in [1.54, 1.807) is 18.3 Å². The van der Waals surface area contributed by atoms with Gasteiger partial charge < -0.3 is 18.5 Å². The molecular weight excluding hydrogens is 931 g/mol. The number of nitrogens with zero attached hydrogens (tertiary/aromatic N) is 3. The maximum Gasteiger partial charge on any atom is 0.154 e. The number of aromatic nitrogens is 3. The zero-order valence-electron chi connectivity index (χ0n) is 34.2. The minimum Gasteiger partial charge on any atom is -0.507 e. The molecule has 0 unspecified atom stereocenters. The minimum atomic E-state index is 0. The molecule has 0 aliphatic carbocycles. The van der Waals surface area contributed by atoms with Gasteiger partial charge in [0, 0.05) is 37.4 Å². The van der Waals surface area contributed by atoms with E-state index in [4.69, 9.17) is 13.8 Å². The van der Waals surface area contributed by atoms with Gasteiger partial charge in [-0.2, -0.15) is 0 Å². The van der Waals surface area contributed by atoms with E-state index in [-0.39, 0.29) is 37.7 Å². The molecule has 61 heavy (non-hydrogen) atoms. The van der Waals surface area contributed by atoms with Gasteiger partial charge in [0.05, 0.1) is 27.8 Å². The van der Waals surface area contributed by atoms with Gasteiger partial charge in [-0.25, -0.2) is 0 Å². The van der Waals surface area contributed by atoms with E-state index in [0.29, 0.717) is 22.1 Å². The summed E-state index contributed by atoms with van der Waals surface area (Å²) in [7, 11) is 0. The average molecular weight is 973 g/mol. The number of aromatic hydroxyl groups is 1. The molecule has 11 rings (SSSR count). The number of pyridine rings is 1. The van der Waals surface area contributed by atoms with Gasteiger partial charge in [0.25, 0.3) is 0 Å². The summed E-state index contributed by atoms with van der Waals surface area (Å²) in [6.45, 7) is 9.15. The van der Waals surface area contributed by atoms with Gasteiger partial charge in [0.1, 0.15) is 22.4 Å². The topological polar surface area (TPSA) is 77.2 Å². The van der Waals surface area contributed by atoms with Crippen molar-refractivity contribution in [3.63, 3.8) is 0 Å². The molecule has 7 heteroatoms. The van der Waals surface area contributed by atoms with Crippen molar-refractivity contribution < 1.29 is 34.0 Å². The van der Waals surface area contributed by atoms with E-state index < -0.39 is 0 Å². The zero-order chi connectivity index (χ0) is 40.9. The van der Waals surface area contributed by atoms with Gasteiger partial charge in [0.15, 0.2) is 5.58 Å². The van der Waals surface area contributed by atoms with Crippen LogP contribution in [0, 0.1) is 6.07 Å². The molecule has 0 fully saturated rings. The quantitative estimate of drug-likeness (QED) is 0.168. The first-order valence-corrected chi connectivity index (χ1v) is 20.4. The van der Waals surface area contributed by atoms with Crippen molar-refractivity contribution in [1.82, 2.24) is 14.5 Å². The van der Waals surface area contributed by atoms with Crippen LogP contribution in [0.5, 0.6) is 5.75 Å². The van der Waals surface area contributed by atoms with E-state index in [0.717, 1.165) is 55.5 Å². The van der Waals surface area contributed by atoms with Crippen LogP contribution in [-0.2, 0) is 20.1 Å². The molecule has 7 aromatic carbocycles. The van der Waals surface area contributed by atoms with Crippen molar-refractivity contribution in [2.24, 2.45) is 0 Å². The SMILES string of the molecule is CC(C)c1cc(-c2ccccc2)cc(C(C)C)c1-n1c(-c2[c-]cc(-c3ccccc3)c3c2oc2ccccc23)nc2ccccc21.Oc1cccc2oc3cccnc3c12.[Ir]. The maximum absolute atomic E-state index is 9.66. The zero-order valence-corrected chi connectivity index (χ0v) is 36.6. The second-order valence-corrected chi connectivity index (χ2v) is 15.8. The van der Waals surface area contributed by atoms with Crippen LogP contribution in [0.3, 0.4) is 0 Å². The third-order valence-corrected chi connectivity index (χ3v) is 11.3. The Balaban J connectivity index is 0.000000267. The van der Waals surface area contributed by atoms with Gasteiger partial charge in [0.2, 0.25) is 0 Å². The Bertz CT molecular complexity index is 3320. The fourth-order valence-corrected chi connectivity index (χ4v) is 8.44. The second kappa shape index (κ2) is 16.3. The maximum atomic E-state index is 9.66. The van der Waals surface area contributed by atoms with Gasteiger partial charge in [-0.1, -0.05) is 141 Å². The Morgan fingerprint density at radius 3 is 1.98 bits per heavy atom. The van der Waals surface area contributed by atoms with E-state index in [9.17, 15) is 5.11 Å². The first-order valence-electron chi connectivity index (χ1n) is 20.4. The fraction of sp³-hybridized carbons (Fsp3) is 0.111. The van der Waals surface area contributed by atoms with Crippen molar-refractivity contribution in [2.75, 3.05) is 0 Å². The average Bonchev–Trinajstić information content (AvgIpc) is 3.99. The first-order chi connectivity index (χ1) is 29.4. The number of benzene rings is 7. The summed E-state index contributed by atoms with van der Waals surface area (Å²) in [6.07, 6.45) is 1.68. The summed E-state index contributed by atoms with van der Waals surface area (Å²) < 4.78 is 14.6. The Hall–Kier alpha value is -6.79. The van der Waals surface area contributed by atoms with Crippen LogP contribution in [0.15, 0.2) is 173 Å². The molecule has 0 atom stereocenters. The molecule has 11 aromatic rings. The summed E-state index contributed by atoms with van der Waals surface area (Å²) in [6, 6.07) is 57.4. The van der Waals surface area contributed by atoms with Crippen molar-refractivity contribution in [2.45, 2.75) is 39.5 Å². The summed E-state index contributed by atoms with van der Waals surface area (Å²) in [5.41, 5.74) is 15.1. The number of fused-ring (bicyclic) bond motifs is 7. The smallest absolute Gasteiger partial charge is 0.154 e. The fourth-order valence-electron chi connectivity index (χ4n) is 8.44. The monoisotopic (exact) mass is 973 g/mol. The Morgan fingerprint density at radius 2 is 1.25 bits per heavy atom. The van der Waals surface area contributed by atoms with Crippen LogP contribution in [-0.4, -0.2) is 19.6 Å². The van der Waals surface area contributed by atoms with Crippen LogP contribution in [0.2, 0.25) is 0 Å². The van der Waals surface area contributed by atoms with Crippen molar-refractivity contribution in [3.05, 3.63) is 181 Å². The molecule has 0 bridgehead atoms. The number of phenols is 1. The molecule has 0 saturated heterocycles. The van der Waals surface area contributed by atoms with E-state index in [2.05, 4.69) is 159 Å². The predicted molar refractivity (Wildman–Crippen MR) is 245 cm³/mol. The van der Waals surface area contributed by atoms with Gasteiger partial charge in [-0.05, 0) is 94.1 Å². The Kier molecular flexibility index (Phi) is 10.6. The first kappa shape index (κ1) is 39.7. The van der Waals surface area contributed by atoms with Gasteiger partial charge >= 0.3 is 0 Å². The van der Waals surface area contributed by atoms with Crippen molar-refractivity contribution >= 4 is 55.0 Å². The molecule has 0 aliphatic rings. The molecular formula is C54H42IrN3O3-. The van der Waals surface area contributed by atoms with E-state index in [1.165, 1.54) is 27.9 Å². The normalized spacial score (nSPS) is 11.5. The molecule has 0 spiro atoms. The third kappa shape index (κ3) is 7.00. The Morgan fingerprint density at radius 1 is 0.607 bits per heavy atom. The summed E-state index contributed by atoms with van der Waals surface area (Å²) in [5, 5.41) is 12.5. The number of imidazole rings is 1. The number of furan rings is 2. The van der Waals surface area contributed by atoms with Crippen LogP contribution < -0.4 is 0 Å². The summed E-state index contributed by atoms with van der Waals surface area (Å²) >= 11 is 0.